The topological polar surface area (TPSA) is 50.7 Å². The molecule has 0 unspecified atom stereocenters. The highest BCUT2D eigenvalue weighted by atomic mass is 35.5. The first-order valence-electron chi connectivity index (χ1n) is 6.49. The number of hydroxylamine groups is 1. The Bertz CT molecular complexity index is 597. The standard InChI is InChI=1S/C16H15ClN2O2/c17-11-10-16(20)21-19-12-18-15-8-6-14(7-9-15)13-4-2-1-3-5-13/h1-9,12H,10-11H2,(H,18,19). The van der Waals surface area contributed by atoms with E-state index in [1.807, 2.05) is 42.5 Å². The SMILES string of the molecule is O=C(CCCl)ONC=Nc1ccc(-c2ccccc2)cc1. The highest BCUT2D eigenvalue weighted by Crippen LogP contribution is 2.21. The number of alkyl halides is 1. The normalized spacial score (nSPS) is 10.5. The van der Waals surface area contributed by atoms with Crippen LogP contribution in [0.4, 0.5) is 5.69 Å². The fourth-order valence-electron chi connectivity index (χ4n) is 1.69. The van der Waals surface area contributed by atoms with Crippen molar-refractivity contribution in [1.29, 1.82) is 0 Å². The molecule has 2 aromatic carbocycles. The summed E-state index contributed by atoms with van der Waals surface area (Å²) < 4.78 is 0. The first kappa shape index (κ1) is 15.1. The van der Waals surface area contributed by atoms with Crippen LogP contribution in [0.3, 0.4) is 0 Å². The van der Waals surface area contributed by atoms with Crippen molar-refractivity contribution in [2.45, 2.75) is 6.42 Å². The number of nitrogens with one attached hydrogen (secondary N) is 1. The summed E-state index contributed by atoms with van der Waals surface area (Å²) in [6, 6.07) is 17.8. The van der Waals surface area contributed by atoms with E-state index in [1.165, 1.54) is 6.34 Å². The van der Waals surface area contributed by atoms with Crippen LogP contribution in [0.2, 0.25) is 0 Å². The summed E-state index contributed by atoms with van der Waals surface area (Å²) in [7, 11) is 0. The number of hydrogen-bond acceptors (Lipinski definition) is 3. The Balaban J connectivity index is 1.89. The fraction of sp³-hybridized carbons (Fsp3) is 0.125. The maximum Gasteiger partial charge on any atom is 0.333 e. The van der Waals surface area contributed by atoms with Gasteiger partial charge in [0.1, 0.15) is 6.34 Å². The number of aliphatic imine (C=N–C) groups is 1. The largest absolute Gasteiger partial charge is 0.343 e. The van der Waals surface area contributed by atoms with E-state index in [0.717, 1.165) is 16.8 Å². The summed E-state index contributed by atoms with van der Waals surface area (Å²) in [5, 5.41) is 0. The molecular weight excluding hydrogens is 288 g/mol. The highest BCUT2D eigenvalue weighted by molar-refractivity contribution is 6.18. The van der Waals surface area contributed by atoms with Crippen molar-refractivity contribution >= 4 is 29.6 Å². The van der Waals surface area contributed by atoms with E-state index in [0.29, 0.717) is 0 Å². The quantitative estimate of drug-likeness (QED) is 0.383. The molecule has 0 fully saturated rings. The summed E-state index contributed by atoms with van der Waals surface area (Å²) in [6.45, 7) is 0. The summed E-state index contributed by atoms with van der Waals surface area (Å²) in [6.07, 6.45) is 1.48. The summed E-state index contributed by atoms with van der Waals surface area (Å²) in [4.78, 5) is 19.8. The molecule has 0 aliphatic rings. The number of benzene rings is 2. The zero-order valence-electron chi connectivity index (χ0n) is 11.3. The molecule has 4 nitrogen and oxygen atoms in total. The number of hydrogen-bond donors (Lipinski definition) is 1. The van der Waals surface area contributed by atoms with Gasteiger partial charge in [0.15, 0.2) is 0 Å². The molecule has 0 saturated carbocycles. The fourth-order valence-corrected chi connectivity index (χ4v) is 1.85. The number of halogens is 1. The van der Waals surface area contributed by atoms with Crippen LogP contribution in [-0.4, -0.2) is 18.2 Å². The lowest BCUT2D eigenvalue weighted by Gasteiger charge is -2.02. The molecule has 0 atom stereocenters. The predicted molar refractivity (Wildman–Crippen MR) is 84.6 cm³/mol. The van der Waals surface area contributed by atoms with Gasteiger partial charge >= 0.3 is 5.97 Å². The number of carbonyl (C=O) groups is 1. The smallest absolute Gasteiger partial charge is 0.333 e. The zero-order valence-corrected chi connectivity index (χ0v) is 12.1. The van der Waals surface area contributed by atoms with Crippen molar-refractivity contribution in [2.24, 2.45) is 4.99 Å². The van der Waals surface area contributed by atoms with Crippen molar-refractivity contribution in [3.63, 3.8) is 0 Å². The Morgan fingerprint density at radius 3 is 2.43 bits per heavy atom. The van der Waals surface area contributed by atoms with E-state index >= 15 is 0 Å². The monoisotopic (exact) mass is 302 g/mol. The second kappa shape index (κ2) is 8.07. The van der Waals surface area contributed by atoms with Gasteiger partial charge in [0, 0.05) is 5.88 Å². The van der Waals surface area contributed by atoms with Crippen molar-refractivity contribution in [3.8, 4) is 11.1 Å². The van der Waals surface area contributed by atoms with Crippen LogP contribution in [0.1, 0.15) is 6.42 Å². The molecule has 0 radical (unpaired) electrons. The molecule has 5 heteroatoms. The minimum absolute atomic E-state index is 0.161. The molecule has 1 N–H and O–H groups in total. The molecule has 0 aromatic heterocycles. The van der Waals surface area contributed by atoms with Gasteiger partial charge in [-0.05, 0) is 23.3 Å². The third-order valence-electron chi connectivity index (χ3n) is 2.71. The Hall–Kier alpha value is -2.33. The molecule has 0 aliphatic carbocycles. The Morgan fingerprint density at radius 1 is 1.10 bits per heavy atom. The minimum Gasteiger partial charge on any atom is -0.343 e. The van der Waals surface area contributed by atoms with Gasteiger partial charge in [-0.3, -0.25) is 0 Å². The van der Waals surface area contributed by atoms with Crippen molar-refractivity contribution in [3.05, 3.63) is 54.6 Å². The molecule has 108 valence electrons. The third-order valence-corrected chi connectivity index (χ3v) is 2.90. The second-order valence-electron chi connectivity index (χ2n) is 4.20. The van der Waals surface area contributed by atoms with Crippen LogP contribution in [0.5, 0.6) is 0 Å². The molecule has 0 aliphatic heterocycles. The van der Waals surface area contributed by atoms with Crippen LogP contribution >= 0.6 is 11.6 Å². The molecular formula is C16H15ClN2O2. The maximum absolute atomic E-state index is 11.0. The van der Waals surface area contributed by atoms with Crippen LogP contribution in [0.15, 0.2) is 59.6 Å². The zero-order chi connectivity index (χ0) is 14.9. The molecule has 0 bridgehead atoms. The van der Waals surface area contributed by atoms with Crippen LogP contribution in [0.25, 0.3) is 11.1 Å². The van der Waals surface area contributed by atoms with Crippen molar-refractivity contribution < 1.29 is 9.63 Å². The van der Waals surface area contributed by atoms with E-state index < -0.39 is 5.97 Å². The van der Waals surface area contributed by atoms with Gasteiger partial charge in [0.2, 0.25) is 0 Å². The van der Waals surface area contributed by atoms with E-state index in [9.17, 15) is 4.79 Å². The average molecular weight is 303 g/mol. The number of rotatable bonds is 6. The summed E-state index contributed by atoms with van der Waals surface area (Å²) in [5.74, 6) is -0.186. The van der Waals surface area contributed by atoms with E-state index in [2.05, 4.69) is 27.4 Å². The van der Waals surface area contributed by atoms with E-state index in [-0.39, 0.29) is 12.3 Å². The highest BCUT2D eigenvalue weighted by Gasteiger charge is 1.99. The first-order valence-corrected chi connectivity index (χ1v) is 7.02. The summed E-state index contributed by atoms with van der Waals surface area (Å²) in [5.41, 5.74) is 5.40. The van der Waals surface area contributed by atoms with E-state index in [4.69, 9.17) is 11.6 Å². The predicted octanol–water partition coefficient (Wildman–Crippen LogP) is 3.69. The Labute approximate surface area is 128 Å². The third kappa shape index (κ3) is 4.93. The van der Waals surface area contributed by atoms with Gasteiger partial charge in [-0.15, -0.1) is 11.6 Å². The lowest BCUT2D eigenvalue weighted by molar-refractivity contribution is -0.147. The lowest BCUT2D eigenvalue weighted by Crippen LogP contribution is -2.18. The number of nitrogens with zero attached hydrogens (tertiary/aromatic N) is 1. The van der Waals surface area contributed by atoms with Crippen LogP contribution in [-0.2, 0) is 9.63 Å². The van der Waals surface area contributed by atoms with Gasteiger partial charge in [-0.25, -0.2) is 15.3 Å². The molecule has 0 spiro atoms. The summed E-state index contributed by atoms with van der Waals surface area (Å²) >= 11 is 5.41. The average Bonchev–Trinajstić information content (AvgIpc) is 2.53. The number of carbonyl (C=O) groups excluding carboxylic acids is 1. The van der Waals surface area contributed by atoms with E-state index in [1.54, 1.807) is 0 Å². The molecule has 0 heterocycles. The first-order chi connectivity index (χ1) is 10.3. The molecule has 0 amide bonds. The Morgan fingerprint density at radius 2 is 1.76 bits per heavy atom. The molecule has 0 saturated heterocycles. The Kier molecular flexibility index (Phi) is 5.79. The lowest BCUT2D eigenvalue weighted by atomic mass is 10.1. The van der Waals surface area contributed by atoms with Gasteiger partial charge in [0.25, 0.3) is 0 Å². The van der Waals surface area contributed by atoms with Crippen molar-refractivity contribution in [2.75, 3.05) is 5.88 Å². The second-order valence-corrected chi connectivity index (χ2v) is 4.58. The van der Waals surface area contributed by atoms with Crippen LogP contribution < -0.4 is 5.48 Å². The van der Waals surface area contributed by atoms with Gasteiger partial charge in [-0.1, -0.05) is 42.5 Å². The van der Waals surface area contributed by atoms with Gasteiger partial charge in [0.05, 0.1) is 12.1 Å². The minimum atomic E-state index is -0.420. The molecule has 21 heavy (non-hydrogen) atoms. The maximum atomic E-state index is 11.0. The molecule has 2 aromatic rings. The van der Waals surface area contributed by atoms with Crippen LogP contribution in [0, 0.1) is 0 Å². The van der Waals surface area contributed by atoms with Gasteiger partial charge in [-0.2, -0.15) is 0 Å². The van der Waals surface area contributed by atoms with Crippen molar-refractivity contribution in [1.82, 2.24) is 5.48 Å². The van der Waals surface area contributed by atoms with Gasteiger partial charge < -0.3 is 4.84 Å². The molecule has 2 rings (SSSR count).